The van der Waals surface area contributed by atoms with Crippen LogP contribution >= 0.6 is 0 Å². The summed E-state index contributed by atoms with van der Waals surface area (Å²) in [7, 11) is 0. The molecule has 2 N–H and O–H groups in total. The lowest BCUT2D eigenvalue weighted by atomic mass is 9.95. The summed E-state index contributed by atoms with van der Waals surface area (Å²) < 4.78 is 3.80. The molecule has 0 radical (unpaired) electrons. The molecule has 0 spiro atoms. The number of carbonyl (C=O) groups is 2. The van der Waals surface area contributed by atoms with Crippen LogP contribution in [0.3, 0.4) is 0 Å². The van der Waals surface area contributed by atoms with Gasteiger partial charge in [-0.2, -0.15) is 0 Å². The van der Waals surface area contributed by atoms with Crippen LogP contribution in [0.5, 0.6) is 0 Å². The molecule has 5 rings (SSSR count). The maximum Gasteiger partial charge on any atom is 0.356 e. The minimum absolute atomic E-state index is 0. The van der Waals surface area contributed by atoms with E-state index in [9.17, 15) is 9.59 Å². The molecule has 1 saturated carbocycles. The number of hydrogen-bond donors (Lipinski definition) is 2. The molecule has 3 aromatic heterocycles. The van der Waals surface area contributed by atoms with Crippen molar-refractivity contribution in [2.24, 2.45) is 5.92 Å². The molecule has 174 valence electrons. The average molecular weight is 443 g/mol. The van der Waals surface area contributed by atoms with E-state index in [1.54, 1.807) is 16.8 Å². The molecule has 0 aromatic carbocycles. The van der Waals surface area contributed by atoms with Crippen molar-refractivity contribution in [3.05, 3.63) is 53.5 Å². The number of aryl methyl sites for hydroxylation is 1. The highest BCUT2D eigenvalue weighted by Crippen LogP contribution is 2.39. The fourth-order valence-corrected chi connectivity index (χ4v) is 4.03. The quantitative estimate of drug-likeness (QED) is 0.567. The molecule has 1 atom stereocenters. The van der Waals surface area contributed by atoms with E-state index in [0.717, 1.165) is 25.2 Å². The van der Waals surface area contributed by atoms with Crippen LogP contribution in [0.1, 0.15) is 92.2 Å². The summed E-state index contributed by atoms with van der Waals surface area (Å²) in [6.07, 6.45) is 12.2. The van der Waals surface area contributed by atoms with Crippen molar-refractivity contribution in [2.45, 2.75) is 72.8 Å². The van der Waals surface area contributed by atoms with E-state index in [-0.39, 0.29) is 26.2 Å². The third-order valence-electron chi connectivity index (χ3n) is 5.75. The fraction of sp³-hybridized carbons (Fsp3) is 0.500. The largest absolute Gasteiger partial charge is 0.476 e. The van der Waals surface area contributed by atoms with Crippen molar-refractivity contribution in [2.75, 3.05) is 0 Å². The van der Waals surface area contributed by atoms with Crippen LogP contribution in [-0.4, -0.2) is 41.1 Å². The molecule has 0 amide bonds. The number of rotatable bonds is 5. The zero-order chi connectivity index (χ0) is 21.3. The molecule has 1 fully saturated rings. The zero-order valence-electron chi connectivity index (χ0n) is 17.0. The minimum atomic E-state index is -0.980. The summed E-state index contributed by atoms with van der Waals surface area (Å²) in [6.45, 7) is 3.12. The van der Waals surface area contributed by atoms with Gasteiger partial charge in [0.2, 0.25) is 0 Å². The molecule has 1 unspecified atom stereocenters. The van der Waals surface area contributed by atoms with Crippen LogP contribution in [0.2, 0.25) is 0 Å². The first-order valence-corrected chi connectivity index (χ1v) is 10.5. The summed E-state index contributed by atoms with van der Waals surface area (Å²) in [5.41, 5.74) is 2.25. The lowest BCUT2D eigenvalue weighted by molar-refractivity contribution is 0.0680. The molecule has 2 aliphatic rings. The second-order valence-electron chi connectivity index (χ2n) is 8.13. The highest BCUT2D eigenvalue weighted by atomic mass is 16.4. The summed E-state index contributed by atoms with van der Waals surface area (Å²) in [5.74, 6) is 0.388. The van der Waals surface area contributed by atoms with E-state index >= 15 is 0 Å². The second-order valence-corrected chi connectivity index (χ2v) is 8.13. The molecule has 0 bridgehead atoms. The number of aromatic carboxylic acids is 2. The molecule has 1 aliphatic carbocycles. The monoisotopic (exact) mass is 442 g/mol. The van der Waals surface area contributed by atoms with E-state index in [1.807, 2.05) is 22.9 Å². The van der Waals surface area contributed by atoms with Crippen molar-refractivity contribution in [1.82, 2.24) is 18.9 Å². The molecular weight excluding hydrogens is 408 g/mol. The molecular formula is C24H34N4O4. The van der Waals surface area contributed by atoms with Gasteiger partial charge >= 0.3 is 11.9 Å². The molecule has 32 heavy (non-hydrogen) atoms. The second kappa shape index (κ2) is 10.4. The Kier molecular flexibility index (Phi) is 8.19. The Hall–Kier alpha value is -3.16. The van der Waals surface area contributed by atoms with Crippen molar-refractivity contribution in [3.8, 4) is 0 Å². The van der Waals surface area contributed by atoms with Crippen molar-refractivity contribution >= 4 is 17.6 Å². The van der Waals surface area contributed by atoms with Gasteiger partial charge in [0.25, 0.3) is 0 Å². The third-order valence-corrected chi connectivity index (χ3v) is 5.75. The van der Waals surface area contributed by atoms with Gasteiger partial charge < -0.3 is 19.2 Å². The van der Waals surface area contributed by atoms with Crippen molar-refractivity contribution in [3.63, 3.8) is 0 Å². The van der Waals surface area contributed by atoms with Crippen LogP contribution in [0, 0.1) is 5.92 Å². The van der Waals surface area contributed by atoms with Crippen LogP contribution < -0.4 is 0 Å². The number of imidazole rings is 2. The number of carboxylic acid groups (broad SMARTS) is 2. The number of fused-ring (bicyclic) bond motifs is 2. The van der Waals surface area contributed by atoms with Crippen LogP contribution in [0.4, 0.5) is 0 Å². The Balaban J connectivity index is 0.000000214. The third kappa shape index (κ3) is 5.55. The van der Waals surface area contributed by atoms with E-state index < -0.39 is 11.9 Å². The first-order chi connectivity index (χ1) is 14.4. The van der Waals surface area contributed by atoms with Gasteiger partial charge in [-0.1, -0.05) is 34.3 Å². The summed E-state index contributed by atoms with van der Waals surface area (Å²) in [6, 6.07) is 3.91. The van der Waals surface area contributed by atoms with Gasteiger partial charge in [0.15, 0.2) is 11.4 Å². The average Bonchev–Trinajstić information content (AvgIpc) is 3.33. The maximum atomic E-state index is 10.8. The van der Waals surface area contributed by atoms with Crippen LogP contribution in [0.25, 0.3) is 5.65 Å². The van der Waals surface area contributed by atoms with Gasteiger partial charge in [-0.15, -0.1) is 0 Å². The van der Waals surface area contributed by atoms with Gasteiger partial charge in [0.1, 0.15) is 11.5 Å². The van der Waals surface area contributed by atoms with Gasteiger partial charge in [-0.3, -0.25) is 0 Å². The predicted octanol–water partition coefficient (Wildman–Crippen LogP) is 5.13. The normalized spacial score (nSPS) is 16.7. The first-order valence-electron chi connectivity index (χ1n) is 10.5. The van der Waals surface area contributed by atoms with E-state index in [0.29, 0.717) is 17.5 Å². The number of hydrogen-bond acceptors (Lipinski definition) is 4. The minimum Gasteiger partial charge on any atom is -0.476 e. The Morgan fingerprint density at radius 3 is 2.31 bits per heavy atom. The lowest BCUT2D eigenvalue weighted by Gasteiger charge is -2.22. The first kappa shape index (κ1) is 25.1. The number of nitrogens with zero attached hydrogens (tertiary/aromatic N) is 4. The Morgan fingerprint density at radius 2 is 1.69 bits per heavy atom. The zero-order valence-corrected chi connectivity index (χ0v) is 17.0. The molecule has 0 saturated heterocycles. The number of aromatic nitrogens is 4. The lowest BCUT2D eigenvalue weighted by Crippen LogP contribution is -2.19. The Morgan fingerprint density at radius 1 is 1.00 bits per heavy atom. The smallest absolute Gasteiger partial charge is 0.356 e. The molecule has 1 aliphatic heterocycles. The maximum absolute atomic E-state index is 10.8. The van der Waals surface area contributed by atoms with Gasteiger partial charge in [0, 0.05) is 31.6 Å². The standard InChI is InChI=1S/C11H10N2O2.C11H16N2O2.2CH4/c14-11(15)9-6-13-5-8(7-1-2-7)3-4-10(13)12-9;1-2-3-8-4-5-10-12-9(11(14)15)7-13(10)6-8;;/h3-7H,1-2H2,(H,14,15);7-8H,2-6H2,1H3,(H,14,15);2*1H4. The molecule has 3 aromatic rings. The Bertz CT molecular complexity index is 1080. The van der Waals surface area contributed by atoms with Gasteiger partial charge in [-0.25, -0.2) is 19.6 Å². The highest BCUT2D eigenvalue weighted by Gasteiger charge is 2.24. The topological polar surface area (TPSA) is 110 Å². The molecule has 8 nitrogen and oxygen atoms in total. The van der Waals surface area contributed by atoms with Crippen LogP contribution in [0.15, 0.2) is 30.7 Å². The van der Waals surface area contributed by atoms with Crippen molar-refractivity contribution in [1.29, 1.82) is 0 Å². The molecule has 8 heteroatoms. The van der Waals surface area contributed by atoms with Gasteiger partial charge in [0.05, 0.1) is 0 Å². The number of carboxylic acids is 2. The summed E-state index contributed by atoms with van der Waals surface area (Å²) in [4.78, 5) is 29.6. The summed E-state index contributed by atoms with van der Waals surface area (Å²) >= 11 is 0. The van der Waals surface area contributed by atoms with Gasteiger partial charge in [-0.05, 0) is 49.1 Å². The fourth-order valence-electron chi connectivity index (χ4n) is 4.03. The SMILES string of the molecule is C.C.CCCC1CCc2nc(C(=O)O)cn2C1.O=C(O)c1cn2cc(C3CC3)ccc2n1. The number of pyridine rings is 1. The van der Waals surface area contributed by atoms with Crippen LogP contribution in [-0.2, 0) is 13.0 Å². The highest BCUT2D eigenvalue weighted by molar-refractivity contribution is 5.86. The summed E-state index contributed by atoms with van der Waals surface area (Å²) in [5, 5.41) is 17.6. The van der Waals surface area contributed by atoms with E-state index in [2.05, 4.69) is 16.9 Å². The van der Waals surface area contributed by atoms with E-state index in [4.69, 9.17) is 10.2 Å². The van der Waals surface area contributed by atoms with E-state index in [1.165, 1.54) is 31.2 Å². The predicted molar refractivity (Wildman–Crippen MR) is 123 cm³/mol. The molecule has 4 heterocycles. The van der Waals surface area contributed by atoms with Crippen molar-refractivity contribution < 1.29 is 19.8 Å². The Labute approximate surface area is 188 Å².